The van der Waals surface area contributed by atoms with Gasteiger partial charge in [-0.05, 0) is 19.4 Å². The van der Waals surface area contributed by atoms with Crippen LogP contribution in [0.15, 0.2) is 23.3 Å². The number of halogens is 6. The van der Waals surface area contributed by atoms with Crippen LogP contribution in [0.2, 0.25) is 0 Å². The molecule has 208 valence electrons. The number of hydrogen-bond donors (Lipinski definition) is 1. The number of aromatic amines is 1. The maximum atomic E-state index is 13.3. The molecule has 2 unspecified atom stereocenters. The molecule has 2 aromatic rings. The minimum absolute atomic E-state index is 0.0174. The van der Waals surface area contributed by atoms with Crippen molar-refractivity contribution in [1.29, 1.82) is 0 Å². The zero-order chi connectivity index (χ0) is 27.7. The summed E-state index contributed by atoms with van der Waals surface area (Å²) in [4.78, 5) is 37.2. The van der Waals surface area contributed by atoms with Gasteiger partial charge in [-0.2, -0.15) is 31.4 Å². The number of likely N-dealkylation sites (tertiary alicyclic amines) is 1. The Hall–Kier alpha value is -3.27. The fourth-order valence-corrected chi connectivity index (χ4v) is 4.56. The molecule has 0 aliphatic carbocycles. The van der Waals surface area contributed by atoms with E-state index in [9.17, 15) is 35.9 Å². The molecule has 16 heteroatoms. The van der Waals surface area contributed by atoms with Crippen molar-refractivity contribution in [1.82, 2.24) is 30.0 Å². The Morgan fingerprint density at radius 3 is 2.32 bits per heavy atom. The van der Waals surface area contributed by atoms with Gasteiger partial charge in [-0.25, -0.2) is 15.1 Å². The number of aromatic nitrogens is 4. The number of nitrogens with one attached hydrogen (secondary N) is 1. The number of piperazine rings is 1. The van der Waals surface area contributed by atoms with Gasteiger partial charge in [0.05, 0.1) is 29.9 Å². The molecular formula is C22H25F6N7O3. The summed E-state index contributed by atoms with van der Waals surface area (Å²) in [6.45, 7) is 3.41. The number of anilines is 1. The first kappa shape index (κ1) is 27.8. The molecule has 2 aliphatic rings. The lowest BCUT2D eigenvalue weighted by atomic mass is 10.1. The molecule has 2 aromatic heterocycles. The van der Waals surface area contributed by atoms with Crippen molar-refractivity contribution in [3.05, 3.63) is 45.6 Å². The van der Waals surface area contributed by atoms with Crippen molar-refractivity contribution < 1.29 is 35.9 Å². The SMILES string of the molecule is CCOC1CC(c2cc(C(F)(F)F)c(=O)[nH]n2)N(CC(=O)N2CCN(c3ncc(C(F)(F)F)cn3)CC2)C1. The van der Waals surface area contributed by atoms with E-state index < -0.39 is 35.1 Å². The lowest BCUT2D eigenvalue weighted by molar-refractivity contribution is -0.139. The Morgan fingerprint density at radius 2 is 1.74 bits per heavy atom. The summed E-state index contributed by atoms with van der Waals surface area (Å²) in [6.07, 6.45) is -8.04. The van der Waals surface area contributed by atoms with Gasteiger partial charge in [0.15, 0.2) is 0 Å². The summed E-state index contributed by atoms with van der Waals surface area (Å²) in [7, 11) is 0. The van der Waals surface area contributed by atoms with Gasteiger partial charge in [-0.1, -0.05) is 0 Å². The Labute approximate surface area is 212 Å². The highest BCUT2D eigenvalue weighted by Gasteiger charge is 2.40. The summed E-state index contributed by atoms with van der Waals surface area (Å²) >= 11 is 0. The minimum Gasteiger partial charge on any atom is -0.377 e. The van der Waals surface area contributed by atoms with E-state index >= 15 is 0 Å². The second-order valence-electron chi connectivity index (χ2n) is 8.93. The Kier molecular flexibility index (Phi) is 7.92. The molecule has 2 atom stereocenters. The standard InChI is InChI=1S/C22H25F6N7O3/c1-2-38-14-7-17(16-8-15(22(26,27)28)19(37)32-31-16)35(11-14)12-18(36)33-3-5-34(6-4-33)20-29-9-13(10-30-20)21(23,24)25/h8-10,14,17H,2-7,11-12H2,1H3,(H,32,37). The first-order valence-corrected chi connectivity index (χ1v) is 11.8. The molecule has 1 amide bonds. The molecule has 2 saturated heterocycles. The third kappa shape index (κ3) is 6.23. The third-order valence-corrected chi connectivity index (χ3v) is 6.46. The number of ether oxygens (including phenoxy) is 1. The molecule has 0 aromatic carbocycles. The molecule has 0 bridgehead atoms. The number of H-pyrrole nitrogens is 1. The van der Waals surface area contributed by atoms with Crippen molar-refractivity contribution in [2.45, 2.75) is 37.8 Å². The molecule has 0 spiro atoms. The molecule has 38 heavy (non-hydrogen) atoms. The van der Waals surface area contributed by atoms with Crippen molar-refractivity contribution in [3.63, 3.8) is 0 Å². The Bertz CT molecular complexity index is 1180. The van der Waals surface area contributed by atoms with Crippen LogP contribution >= 0.6 is 0 Å². The van der Waals surface area contributed by atoms with Crippen LogP contribution in [-0.2, 0) is 21.9 Å². The van der Waals surface area contributed by atoms with Crippen LogP contribution in [0, 0.1) is 0 Å². The summed E-state index contributed by atoms with van der Waals surface area (Å²) in [5.41, 5.74) is -3.69. The average molecular weight is 549 g/mol. The topological polar surface area (TPSA) is 108 Å². The van der Waals surface area contributed by atoms with Crippen LogP contribution in [0.25, 0.3) is 0 Å². The lowest BCUT2D eigenvalue weighted by Gasteiger charge is -2.36. The van der Waals surface area contributed by atoms with Crippen molar-refractivity contribution in [2.75, 3.05) is 50.8 Å². The molecule has 4 rings (SSSR count). The van der Waals surface area contributed by atoms with E-state index in [2.05, 4.69) is 15.1 Å². The quantitative estimate of drug-likeness (QED) is 0.547. The number of carbonyl (C=O) groups is 1. The Morgan fingerprint density at radius 1 is 1.08 bits per heavy atom. The number of alkyl halides is 6. The van der Waals surface area contributed by atoms with Gasteiger partial charge in [0.25, 0.3) is 5.56 Å². The molecule has 0 radical (unpaired) electrons. The maximum Gasteiger partial charge on any atom is 0.421 e. The third-order valence-electron chi connectivity index (χ3n) is 6.46. The number of amides is 1. The number of carbonyl (C=O) groups excluding carboxylic acids is 1. The van der Waals surface area contributed by atoms with E-state index in [-0.39, 0.29) is 56.3 Å². The van der Waals surface area contributed by atoms with Crippen molar-refractivity contribution in [3.8, 4) is 0 Å². The van der Waals surface area contributed by atoms with Crippen molar-refractivity contribution in [2.24, 2.45) is 0 Å². The van der Waals surface area contributed by atoms with Gasteiger partial charge in [0, 0.05) is 51.7 Å². The summed E-state index contributed by atoms with van der Waals surface area (Å²) in [5.74, 6) is -0.158. The average Bonchev–Trinajstić information content (AvgIpc) is 3.25. The van der Waals surface area contributed by atoms with Gasteiger partial charge in [-0.15, -0.1) is 0 Å². The highest BCUT2D eigenvalue weighted by molar-refractivity contribution is 5.78. The minimum atomic E-state index is -4.86. The fourth-order valence-electron chi connectivity index (χ4n) is 4.56. The van der Waals surface area contributed by atoms with E-state index in [0.29, 0.717) is 38.2 Å². The van der Waals surface area contributed by atoms with Crippen molar-refractivity contribution >= 4 is 11.9 Å². The predicted molar refractivity (Wildman–Crippen MR) is 120 cm³/mol. The number of nitrogens with zero attached hydrogens (tertiary/aromatic N) is 6. The normalized spacial score (nSPS) is 21.2. The molecule has 4 heterocycles. The highest BCUT2D eigenvalue weighted by Crippen LogP contribution is 2.34. The second-order valence-corrected chi connectivity index (χ2v) is 8.93. The van der Waals surface area contributed by atoms with Crippen LogP contribution < -0.4 is 10.5 Å². The molecular weight excluding hydrogens is 524 g/mol. The fraction of sp³-hybridized carbons (Fsp3) is 0.591. The van der Waals surface area contributed by atoms with Gasteiger partial charge in [0.1, 0.15) is 5.56 Å². The van der Waals surface area contributed by atoms with E-state index in [0.717, 1.165) is 0 Å². The summed E-state index contributed by atoms with van der Waals surface area (Å²) < 4.78 is 83.7. The number of rotatable bonds is 6. The molecule has 0 saturated carbocycles. The lowest BCUT2D eigenvalue weighted by Crippen LogP contribution is -2.51. The van der Waals surface area contributed by atoms with Gasteiger partial charge in [-0.3, -0.25) is 14.5 Å². The van der Waals surface area contributed by atoms with E-state index in [1.54, 1.807) is 21.6 Å². The van der Waals surface area contributed by atoms with E-state index in [1.807, 2.05) is 5.10 Å². The van der Waals surface area contributed by atoms with E-state index in [4.69, 9.17) is 4.74 Å². The van der Waals surface area contributed by atoms with Gasteiger partial charge in [0.2, 0.25) is 11.9 Å². The first-order valence-electron chi connectivity index (χ1n) is 11.8. The first-order chi connectivity index (χ1) is 17.9. The van der Waals surface area contributed by atoms with E-state index in [1.165, 1.54) is 0 Å². The molecule has 2 fully saturated rings. The Balaban J connectivity index is 1.42. The predicted octanol–water partition coefficient (Wildman–Crippen LogP) is 2.10. The molecule has 1 N–H and O–H groups in total. The second kappa shape index (κ2) is 10.8. The monoisotopic (exact) mass is 549 g/mol. The number of hydrogen-bond acceptors (Lipinski definition) is 8. The largest absolute Gasteiger partial charge is 0.421 e. The van der Waals surface area contributed by atoms with Crippen LogP contribution in [-0.4, -0.2) is 87.9 Å². The zero-order valence-electron chi connectivity index (χ0n) is 20.2. The van der Waals surface area contributed by atoms with Crippen LogP contribution in [0.3, 0.4) is 0 Å². The summed E-state index contributed by atoms with van der Waals surface area (Å²) in [6, 6.07) is 0.0216. The van der Waals surface area contributed by atoms with Gasteiger partial charge < -0.3 is 14.5 Å². The zero-order valence-corrected chi connectivity index (χ0v) is 20.2. The smallest absolute Gasteiger partial charge is 0.377 e. The van der Waals surface area contributed by atoms with Crippen LogP contribution in [0.1, 0.15) is 36.2 Å². The maximum absolute atomic E-state index is 13.3. The van der Waals surface area contributed by atoms with Crippen LogP contribution in [0.5, 0.6) is 0 Å². The van der Waals surface area contributed by atoms with Gasteiger partial charge >= 0.3 is 12.4 Å². The van der Waals surface area contributed by atoms with Crippen LogP contribution in [0.4, 0.5) is 32.3 Å². The molecule has 2 aliphatic heterocycles. The highest BCUT2D eigenvalue weighted by atomic mass is 19.4. The molecule has 10 nitrogen and oxygen atoms in total. The summed E-state index contributed by atoms with van der Waals surface area (Å²) in [5, 5.41) is 5.71.